The van der Waals surface area contributed by atoms with Gasteiger partial charge in [-0.2, -0.15) is 0 Å². The Kier molecular flexibility index (Phi) is 3.23. The largest absolute Gasteiger partial charge is 0.497 e. The molecule has 118 valence electrons. The van der Waals surface area contributed by atoms with Crippen molar-refractivity contribution in [3.63, 3.8) is 0 Å². The number of aliphatic hydroxyl groups is 1. The summed E-state index contributed by atoms with van der Waals surface area (Å²) in [6.45, 7) is 0. The number of carbonyl (C=O) groups is 1. The number of ether oxygens (including phenoxy) is 2. The van der Waals surface area contributed by atoms with Crippen LogP contribution in [0.2, 0.25) is 0 Å². The first-order valence-electron chi connectivity index (χ1n) is 7.64. The highest BCUT2D eigenvalue weighted by molar-refractivity contribution is 5.97. The molecule has 5 nitrogen and oxygen atoms in total. The Morgan fingerprint density at radius 3 is 2.87 bits per heavy atom. The van der Waals surface area contributed by atoms with Crippen molar-refractivity contribution in [1.82, 2.24) is 0 Å². The van der Waals surface area contributed by atoms with Crippen LogP contribution in [0.15, 0.2) is 42.5 Å². The Bertz CT molecular complexity index is 773. The number of piperidine rings is 1. The second-order valence-electron chi connectivity index (χ2n) is 5.79. The number of para-hydroxylation sites is 2. The number of nitrogens with zero attached hydrogens (tertiary/aromatic N) is 1. The molecule has 4 rings (SSSR count). The molecule has 0 saturated carbocycles. The van der Waals surface area contributed by atoms with Gasteiger partial charge in [-0.1, -0.05) is 12.1 Å². The summed E-state index contributed by atoms with van der Waals surface area (Å²) in [6.07, 6.45) is 0.153. The number of carbonyl (C=O) groups excluding carboxylic acids is 1. The maximum absolute atomic E-state index is 12.6. The van der Waals surface area contributed by atoms with Crippen LogP contribution in [-0.2, 0) is 4.79 Å². The summed E-state index contributed by atoms with van der Waals surface area (Å²) in [5, 5.41) is 10.6. The lowest BCUT2D eigenvalue weighted by atomic mass is 9.91. The van der Waals surface area contributed by atoms with E-state index in [2.05, 4.69) is 0 Å². The van der Waals surface area contributed by atoms with Crippen LogP contribution in [0.1, 0.15) is 24.4 Å². The molecule has 0 spiro atoms. The van der Waals surface area contributed by atoms with Gasteiger partial charge in [0.2, 0.25) is 5.91 Å². The number of methoxy groups -OCH3 is 1. The van der Waals surface area contributed by atoms with Gasteiger partial charge < -0.3 is 14.6 Å². The zero-order valence-corrected chi connectivity index (χ0v) is 12.7. The van der Waals surface area contributed by atoms with E-state index in [1.807, 2.05) is 36.4 Å². The zero-order valence-electron chi connectivity index (χ0n) is 12.7. The van der Waals surface area contributed by atoms with Gasteiger partial charge in [0.15, 0.2) is 5.75 Å². The topological polar surface area (TPSA) is 59.0 Å². The Balaban J connectivity index is 1.96. The van der Waals surface area contributed by atoms with E-state index in [0.29, 0.717) is 35.8 Å². The minimum absolute atomic E-state index is 0.0000167. The minimum atomic E-state index is -0.630. The maximum atomic E-state index is 12.6. The van der Waals surface area contributed by atoms with Crippen molar-refractivity contribution in [2.75, 3.05) is 12.0 Å². The molecule has 2 heterocycles. The van der Waals surface area contributed by atoms with E-state index < -0.39 is 12.1 Å². The molecule has 0 bridgehead atoms. The molecule has 23 heavy (non-hydrogen) atoms. The average molecular weight is 311 g/mol. The number of amides is 1. The van der Waals surface area contributed by atoms with E-state index in [4.69, 9.17) is 9.47 Å². The first-order chi connectivity index (χ1) is 11.2. The molecule has 1 saturated heterocycles. The van der Waals surface area contributed by atoms with Crippen molar-refractivity contribution < 1.29 is 19.4 Å². The van der Waals surface area contributed by atoms with Gasteiger partial charge in [0.05, 0.1) is 24.9 Å². The number of fused-ring (bicyclic) bond motifs is 5. The third-order valence-corrected chi connectivity index (χ3v) is 4.45. The highest BCUT2D eigenvalue weighted by atomic mass is 16.5. The van der Waals surface area contributed by atoms with Gasteiger partial charge in [-0.15, -0.1) is 0 Å². The van der Waals surface area contributed by atoms with E-state index in [1.165, 1.54) is 0 Å². The fourth-order valence-electron chi connectivity index (χ4n) is 3.34. The molecule has 0 aliphatic carbocycles. The quantitative estimate of drug-likeness (QED) is 0.879. The highest BCUT2D eigenvalue weighted by Crippen LogP contribution is 2.48. The molecule has 2 atom stereocenters. The van der Waals surface area contributed by atoms with Gasteiger partial charge in [0.25, 0.3) is 0 Å². The summed E-state index contributed by atoms with van der Waals surface area (Å²) >= 11 is 0. The van der Waals surface area contributed by atoms with Crippen molar-refractivity contribution in [1.29, 1.82) is 0 Å². The Morgan fingerprint density at radius 1 is 1.22 bits per heavy atom. The van der Waals surface area contributed by atoms with E-state index in [1.54, 1.807) is 18.1 Å². The summed E-state index contributed by atoms with van der Waals surface area (Å²) in [4.78, 5) is 14.2. The second kappa shape index (κ2) is 5.28. The summed E-state index contributed by atoms with van der Waals surface area (Å²) in [5.41, 5.74) is 1.49. The number of benzene rings is 2. The number of hydrogen-bond acceptors (Lipinski definition) is 4. The lowest BCUT2D eigenvalue weighted by Crippen LogP contribution is -2.45. The van der Waals surface area contributed by atoms with Crippen molar-refractivity contribution in [3.05, 3.63) is 48.0 Å². The molecule has 2 aliphatic heterocycles. The van der Waals surface area contributed by atoms with Crippen LogP contribution in [0, 0.1) is 0 Å². The lowest BCUT2D eigenvalue weighted by Gasteiger charge is -2.38. The predicted octanol–water partition coefficient (Wildman–Crippen LogP) is 3.03. The maximum Gasteiger partial charge on any atom is 0.227 e. The summed E-state index contributed by atoms with van der Waals surface area (Å²) in [7, 11) is 1.59. The van der Waals surface area contributed by atoms with Gasteiger partial charge in [-0.3, -0.25) is 9.69 Å². The van der Waals surface area contributed by atoms with Crippen molar-refractivity contribution in [2.45, 2.75) is 25.0 Å². The molecule has 1 fully saturated rings. The molecule has 2 aliphatic rings. The first kappa shape index (κ1) is 14.1. The summed E-state index contributed by atoms with van der Waals surface area (Å²) in [5.74, 6) is 1.89. The molecule has 2 aromatic rings. The number of hydrogen-bond donors (Lipinski definition) is 1. The number of aliphatic hydroxyl groups excluding tert-OH is 1. The highest BCUT2D eigenvalue weighted by Gasteiger charge is 2.41. The van der Waals surface area contributed by atoms with Gasteiger partial charge in [-0.05, 0) is 30.7 Å². The molecular weight excluding hydrogens is 294 g/mol. The van der Waals surface area contributed by atoms with Crippen molar-refractivity contribution in [3.8, 4) is 17.2 Å². The lowest BCUT2D eigenvalue weighted by molar-refractivity contribution is -0.122. The van der Waals surface area contributed by atoms with Crippen molar-refractivity contribution in [2.24, 2.45) is 0 Å². The predicted molar refractivity (Wildman–Crippen MR) is 85.0 cm³/mol. The fraction of sp³-hybridized carbons (Fsp3) is 0.278. The van der Waals surface area contributed by atoms with Crippen LogP contribution in [0.25, 0.3) is 0 Å². The van der Waals surface area contributed by atoms with Gasteiger partial charge in [0.1, 0.15) is 11.5 Å². The van der Waals surface area contributed by atoms with Crippen molar-refractivity contribution >= 4 is 11.6 Å². The minimum Gasteiger partial charge on any atom is -0.497 e. The van der Waals surface area contributed by atoms with Crippen LogP contribution >= 0.6 is 0 Å². The normalized spacial score (nSPS) is 22.3. The molecule has 0 aromatic heterocycles. The third-order valence-electron chi connectivity index (χ3n) is 4.45. The second-order valence-corrected chi connectivity index (χ2v) is 5.79. The van der Waals surface area contributed by atoms with E-state index >= 15 is 0 Å². The smallest absolute Gasteiger partial charge is 0.227 e. The standard InChI is InChI=1S/C18H17NO4/c1-22-11-6-7-12-16(10-11)23-15-5-3-2-4-13(15)19-17(21)9-8-14(20)18(12)19/h2-7,10,14,18,20H,8-9H2,1H3/t14-,18+/m1/s1. The van der Waals surface area contributed by atoms with Crippen LogP contribution < -0.4 is 14.4 Å². The Morgan fingerprint density at radius 2 is 2.04 bits per heavy atom. The van der Waals surface area contributed by atoms with Crippen LogP contribution in [-0.4, -0.2) is 24.2 Å². The molecular formula is C18H17NO4. The van der Waals surface area contributed by atoms with Gasteiger partial charge in [0, 0.05) is 18.1 Å². The van der Waals surface area contributed by atoms with Gasteiger partial charge in [-0.25, -0.2) is 0 Å². The van der Waals surface area contributed by atoms with Gasteiger partial charge >= 0.3 is 0 Å². The third kappa shape index (κ3) is 2.16. The monoisotopic (exact) mass is 311 g/mol. The van der Waals surface area contributed by atoms with Crippen LogP contribution in [0.5, 0.6) is 17.2 Å². The van der Waals surface area contributed by atoms with Crippen LogP contribution in [0.4, 0.5) is 5.69 Å². The SMILES string of the molecule is COc1ccc2c(c1)Oc1ccccc1N1C(=O)CC[C@@H](O)[C@H]21. The van der Waals surface area contributed by atoms with Crippen LogP contribution in [0.3, 0.4) is 0 Å². The molecule has 0 radical (unpaired) electrons. The molecule has 1 N–H and O–H groups in total. The van der Waals surface area contributed by atoms with E-state index in [0.717, 1.165) is 5.56 Å². The molecule has 1 amide bonds. The average Bonchev–Trinajstić information content (AvgIpc) is 2.72. The zero-order chi connectivity index (χ0) is 16.0. The summed E-state index contributed by atoms with van der Waals surface area (Å²) < 4.78 is 11.3. The molecule has 2 aromatic carbocycles. The molecule has 5 heteroatoms. The summed E-state index contributed by atoms with van der Waals surface area (Å²) in [6, 6.07) is 12.4. The van der Waals surface area contributed by atoms with E-state index in [9.17, 15) is 9.90 Å². The molecule has 0 unspecified atom stereocenters. The Labute approximate surface area is 134 Å². The number of anilines is 1. The number of rotatable bonds is 1. The van der Waals surface area contributed by atoms with E-state index in [-0.39, 0.29) is 5.91 Å². The first-order valence-corrected chi connectivity index (χ1v) is 7.64. The fourth-order valence-corrected chi connectivity index (χ4v) is 3.34. The Hall–Kier alpha value is -2.53.